The average Bonchev–Trinajstić information content (AvgIpc) is 3.31. The fourth-order valence-electron chi connectivity index (χ4n) is 6.43. The van der Waals surface area contributed by atoms with Crippen molar-refractivity contribution in [3.63, 3.8) is 0 Å². The second-order valence-electron chi connectivity index (χ2n) is 10.3. The fraction of sp³-hybridized carbons (Fsp3) is 0.407. The van der Waals surface area contributed by atoms with Crippen LogP contribution in [0.15, 0.2) is 36.4 Å². The Kier molecular flexibility index (Phi) is 5.91. The number of aromatic nitrogens is 4. The zero-order chi connectivity index (χ0) is 26.4. The van der Waals surface area contributed by atoms with Gasteiger partial charge in [-0.3, -0.25) is 9.59 Å². The van der Waals surface area contributed by atoms with Crippen molar-refractivity contribution in [3.05, 3.63) is 75.9 Å². The minimum Gasteiger partial charge on any atom is -0.366 e. The van der Waals surface area contributed by atoms with Crippen LogP contribution < -0.4 is 11.1 Å². The maximum Gasteiger partial charge on any atom is 0.248 e. The van der Waals surface area contributed by atoms with Gasteiger partial charge in [-0.1, -0.05) is 17.3 Å². The quantitative estimate of drug-likeness (QED) is 0.402. The molecule has 4 N–H and O–H groups in total. The number of nitrogens with one attached hydrogen (secondary N) is 2. The van der Waals surface area contributed by atoms with Gasteiger partial charge in [-0.15, -0.1) is 10.2 Å². The van der Waals surface area contributed by atoms with Gasteiger partial charge in [0.15, 0.2) is 5.82 Å². The number of nitrogens with zero attached hydrogens (tertiary/aromatic N) is 5. The maximum absolute atomic E-state index is 14.4. The van der Waals surface area contributed by atoms with Gasteiger partial charge in [0.05, 0.1) is 18.0 Å². The lowest BCUT2D eigenvalue weighted by molar-refractivity contribution is -0.131. The molecule has 1 unspecified atom stereocenters. The highest BCUT2D eigenvalue weighted by Crippen LogP contribution is 2.48. The van der Waals surface area contributed by atoms with Crippen molar-refractivity contribution < 1.29 is 14.0 Å². The Morgan fingerprint density at radius 2 is 1.95 bits per heavy atom. The van der Waals surface area contributed by atoms with E-state index in [1.807, 2.05) is 6.07 Å². The van der Waals surface area contributed by atoms with Gasteiger partial charge in [-0.05, 0) is 91.1 Å². The highest BCUT2D eigenvalue weighted by Gasteiger charge is 2.54. The molecule has 2 amide bonds. The van der Waals surface area contributed by atoms with E-state index in [0.29, 0.717) is 43.1 Å². The summed E-state index contributed by atoms with van der Waals surface area (Å²) in [5.41, 5.74) is 8.49. The van der Waals surface area contributed by atoms with Gasteiger partial charge in [0.1, 0.15) is 11.9 Å². The third-order valence-electron chi connectivity index (χ3n) is 8.26. The number of hydrogen-bond acceptors (Lipinski definition) is 7. The van der Waals surface area contributed by atoms with Crippen LogP contribution in [-0.4, -0.2) is 62.5 Å². The van der Waals surface area contributed by atoms with Crippen LogP contribution in [0.4, 0.5) is 4.39 Å². The molecule has 2 heterocycles. The van der Waals surface area contributed by atoms with E-state index in [2.05, 4.69) is 32.0 Å². The first-order valence-corrected chi connectivity index (χ1v) is 12.8. The number of fused-ring (bicyclic) bond motifs is 3. The van der Waals surface area contributed by atoms with Crippen molar-refractivity contribution in [2.24, 2.45) is 11.7 Å². The molecule has 0 radical (unpaired) electrons. The molecule has 1 saturated carbocycles. The van der Waals surface area contributed by atoms with E-state index in [1.165, 1.54) is 12.1 Å². The van der Waals surface area contributed by atoms with Gasteiger partial charge in [-0.25, -0.2) is 4.39 Å². The molecule has 10 nitrogen and oxygen atoms in total. The molecule has 11 heteroatoms. The lowest BCUT2D eigenvalue weighted by atomic mass is 9.69. The van der Waals surface area contributed by atoms with Crippen LogP contribution in [0.5, 0.6) is 0 Å². The molecule has 2 aliphatic carbocycles. The maximum atomic E-state index is 14.4. The Hall–Kier alpha value is -4.17. The molecule has 2 fully saturated rings. The Morgan fingerprint density at radius 1 is 1.18 bits per heavy atom. The number of benzene rings is 2. The molecule has 0 bridgehead atoms. The Bertz CT molecular complexity index is 1450. The summed E-state index contributed by atoms with van der Waals surface area (Å²) in [6, 6.07) is 12.1. The predicted molar refractivity (Wildman–Crippen MR) is 133 cm³/mol. The third kappa shape index (κ3) is 3.92. The minimum atomic E-state index is -0.918. The highest BCUT2D eigenvalue weighted by atomic mass is 19.1. The van der Waals surface area contributed by atoms with Crippen molar-refractivity contribution in [3.8, 4) is 6.07 Å². The number of tetrazole rings is 1. The second kappa shape index (κ2) is 9.29. The molecule has 194 valence electrons. The summed E-state index contributed by atoms with van der Waals surface area (Å²) < 4.78 is 14.4. The number of primary amides is 1. The van der Waals surface area contributed by atoms with Crippen molar-refractivity contribution >= 4 is 11.8 Å². The fourth-order valence-corrected chi connectivity index (χ4v) is 6.43. The number of nitrogens with two attached hydrogens (primary N) is 1. The Labute approximate surface area is 218 Å². The van der Waals surface area contributed by atoms with Crippen LogP contribution in [0.1, 0.15) is 57.7 Å². The van der Waals surface area contributed by atoms with Crippen molar-refractivity contribution in [1.29, 1.82) is 5.26 Å². The number of H-pyrrole nitrogens is 1. The first-order valence-electron chi connectivity index (χ1n) is 12.8. The van der Waals surface area contributed by atoms with Crippen molar-refractivity contribution in [2.45, 2.75) is 49.6 Å². The van der Waals surface area contributed by atoms with Crippen LogP contribution in [0.3, 0.4) is 0 Å². The zero-order valence-electron chi connectivity index (χ0n) is 20.7. The van der Waals surface area contributed by atoms with Gasteiger partial charge < -0.3 is 16.0 Å². The molecule has 1 aromatic heterocycles. The lowest BCUT2D eigenvalue weighted by Crippen LogP contribution is -2.44. The van der Waals surface area contributed by atoms with E-state index < -0.39 is 11.3 Å². The summed E-state index contributed by atoms with van der Waals surface area (Å²) in [5.74, 6) is -0.0751. The summed E-state index contributed by atoms with van der Waals surface area (Å²) in [6.45, 7) is 0.515. The number of rotatable bonds is 7. The van der Waals surface area contributed by atoms with Crippen molar-refractivity contribution in [2.75, 3.05) is 13.1 Å². The number of hydrogen-bond donors (Lipinski definition) is 3. The average molecular weight is 515 g/mol. The van der Waals surface area contributed by atoms with E-state index >= 15 is 0 Å². The monoisotopic (exact) mass is 514 g/mol. The van der Waals surface area contributed by atoms with E-state index in [-0.39, 0.29) is 30.4 Å². The second-order valence-corrected chi connectivity index (χ2v) is 10.3. The molecule has 3 aliphatic rings. The van der Waals surface area contributed by atoms with E-state index in [4.69, 9.17) is 5.73 Å². The normalized spacial score (nSPS) is 25.1. The largest absolute Gasteiger partial charge is 0.366 e. The number of likely N-dealkylation sites (tertiary alicyclic amines) is 1. The molecular weight excluding hydrogens is 487 g/mol. The molecule has 1 saturated heterocycles. The van der Waals surface area contributed by atoms with Gasteiger partial charge in [0.25, 0.3) is 0 Å². The predicted octanol–water partition coefficient (Wildman–Crippen LogP) is 1.36. The van der Waals surface area contributed by atoms with Gasteiger partial charge in [0, 0.05) is 11.6 Å². The summed E-state index contributed by atoms with van der Waals surface area (Å²) >= 11 is 0. The van der Waals surface area contributed by atoms with Crippen LogP contribution in [0.2, 0.25) is 0 Å². The topological polar surface area (TPSA) is 154 Å². The molecule has 2 aromatic carbocycles. The van der Waals surface area contributed by atoms with Gasteiger partial charge in [-0.2, -0.15) is 10.5 Å². The number of halogens is 1. The molecule has 4 atom stereocenters. The molecule has 6 rings (SSSR count). The molecule has 38 heavy (non-hydrogen) atoms. The number of carbonyl (C=O) groups excluding carboxylic acids is 2. The molecule has 3 aromatic rings. The third-order valence-corrected chi connectivity index (χ3v) is 8.26. The Balaban J connectivity index is 1.35. The van der Waals surface area contributed by atoms with Gasteiger partial charge >= 0.3 is 0 Å². The summed E-state index contributed by atoms with van der Waals surface area (Å²) in [6.07, 6.45) is 3.30. The summed E-state index contributed by atoms with van der Waals surface area (Å²) in [5, 5.41) is 27.8. The standard InChI is InChI=1S/C27H27FN8O2/c28-19-4-6-22-16(10-19)2-1-15-9-17(25(30)38)3-5-21(15)27(22,26-32-34-35-33-26)7-8-31-14-24(37)36-20(13-29)11-18-12-23(18)36/h3-6,9-10,18,20,23,31H,1-2,7-8,11-12,14H2,(H2,30,38)(H,32,33,34,35)/t18-,20+,23+,27?/m1/s1. The van der Waals surface area contributed by atoms with E-state index in [0.717, 1.165) is 35.1 Å². The van der Waals surface area contributed by atoms with Crippen molar-refractivity contribution in [1.82, 2.24) is 30.8 Å². The van der Waals surface area contributed by atoms with Crippen LogP contribution >= 0.6 is 0 Å². The van der Waals surface area contributed by atoms with Crippen LogP contribution in [0.25, 0.3) is 0 Å². The first kappa shape index (κ1) is 24.2. The first-order chi connectivity index (χ1) is 18.4. The van der Waals surface area contributed by atoms with Crippen LogP contribution in [0, 0.1) is 23.1 Å². The minimum absolute atomic E-state index is 0.0787. The number of aromatic amines is 1. The zero-order valence-corrected chi connectivity index (χ0v) is 20.7. The number of nitriles is 1. The smallest absolute Gasteiger partial charge is 0.248 e. The summed E-state index contributed by atoms with van der Waals surface area (Å²) in [4.78, 5) is 26.7. The molecular formula is C27H27FN8O2. The molecule has 0 spiro atoms. The summed E-state index contributed by atoms with van der Waals surface area (Å²) in [7, 11) is 0. The number of piperidine rings is 1. The van der Waals surface area contributed by atoms with Gasteiger partial charge in [0.2, 0.25) is 11.8 Å². The lowest BCUT2D eigenvalue weighted by Gasteiger charge is -2.34. The SMILES string of the molecule is N#C[C@@H]1C[C@@H]2C[C@@H]2N1C(=O)CNCCC1(c2nn[nH]n2)c2ccc(F)cc2CCc2cc(C(N)=O)ccc21. The van der Waals surface area contributed by atoms with Crippen LogP contribution in [-0.2, 0) is 23.1 Å². The van der Waals surface area contributed by atoms with E-state index in [9.17, 15) is 19.2 Å². The number of carbonyl (C=O) groups is 2. The highest BCUT2D eigenvalue weighted by molar-refractivity contribution is 5.93. The molecule has 1 aliphatic heterocycles. The Morgan fingerprint density at radius 3 is 2.66 bits per heavy atom. The number of aryl methyl sites for hydroxylation is 2. The number of amides is 2. The van der Waals surface area contributed by atoms with E-state index in [1.54, 1.807) is 23.1 Å².